The maximum Gasteiger partial charge on any atom is 0.336 e. The van der Waals surface area contributed by atoms with E-state index in [0.717, 1.165) is 16.9 Å². The first-order chi connectivity index (χ1) is 15.9. The van der Waals surface area contributed by atoms with E-state index in [1.807, 2.05) is 31.2 Å². The van der Waals surface area contributed by atoms with Crippen molar-refractivity contribution in [3.63, 3.8) is 0 Å². The van der Waals surface area contributed by atoms with Crippen LogP contribution in [0.3, 0.4) is 0 Å². The molecule has 8 heteroatoms. The van der Waals surface area contributed by atoms with Crippen LogP contribution in [0.25, 0.3) is 12.2 Å². The molecule has 0 aromatic heterocycles. The van der Waals surface area contributed by atoms with Crippen molar-refractivity contribution >= 4 is 52.3 Å². The quantitative estimate of drug-likeness (QED) is 0.162. The van der Waals surface area contributed by atoms with Crippen molar-refractivity contribution in [1.82, 2.24) is 4.90 Å². The maximum atomic E-state index is 12.5. The summed E-state index contributed by atoms with van der Waals surface area (Å²) in [4.78, 5) is 26.9. The maximum absolute atomic E-state index is 12.5. The van der Waals surface area contributed by atoms with Crippen molar-refractivity contribution in [2.24, 2.45) is 0 Å². The Morgan fingerprint density at radius 2 is 1.88 bits per heavy atom. The van der Waals surface area contributed by atoms with Crippen LogP contribution in [-0.2, 0) is 9.59 Å². The van der Waals surface area contributed by atoms with Gasteiger partial charge in [0.25, 0.3) is 5.91 Å². The number of hydrogen-bond acceptors (Lipinski definition) is 7. The Morgan fingerprint density at radius 3 is 2.55 bits per heavy atom. The minimum atomic E-state index is -0.537. The summed E-state index contributed by atoms with van der Waals surface area (Å²) in [5, 5.41) is 0. The number of carbonyl (C=O) groups excluding carboxylic acids is 2. The van der Waals surface area contributed by atoms with Gasteiger partial charge in [-0.1, -0.05) is 48.3 Å². The third-order valence-corrected chi connectivity index (χ3v) is 5.87. The zero-order chi connectivity index (χ0) is 23.8. The predicted octanol–water partition coefficient (Wildman–Crippen LogP) is 5.10. The lowest BCUT2D eigenvalue weighted by Crippen LogP contribution is -2.27. The molecule has 0 atom stereocenters. The van der Waals surface area contributed by atoms with Gasteiger partial charge < -0.3 is 14.2 Å². The third kappa shape index (κ3) is 6.34. The van der Waals surface area contributed by atoms with Crippen molar-refractivity contribution in [1.29, 1.82) is 0 Å². The van der Waals surface area contributed by atoms with Crippen LogP contribution >= 0.6 is 24.0 Å². The Hall–Kier alpha value is -3.36. The van der Waals surface area contributed by atoms with Gasteiger partial charge >= 0.3 is 5.97 Å². The first-order valence-electron chi connectivity index (χ1n) is 10.1. The molecule has 1 saturated heterocycles. The number of benzene rings is 2. The lowest BCUT2D eigenvalue weighted by molar-refractivity contribution is -0.129. The summed E-state index contributed by atoms with van der Waals surface area (Å²) in [5.41, 5.74) is 1.56. The minimum Gasteiger partial charge on any atom is -0.497 e. The van der Waals surface area contributed by atoms with Crippen LogP contribution < -0.4 is 14.2 Å². The first-order valence-corrected chi connectivity index (χ1v) is 11.3. The molecule has 170 valence electrons. The summed E-state index contributed by atoms with van der Waals surface area (Å²) in [6, 6.07) is 12.4. The molecule has 1 aliphatic heterocycles. The standard InChI is InChI=1S/C25H23NO5S2/c1-4-14-26-24(28)22(33-25(26)32)16-18-8-12-20(21(15-18)30-5-2)31-23(27)13-9-17-6-10-19(29-3)11-7-17/h4,6-13,15-16H,1,5,14H2,2-3H3/b13-9+,22-16-. The van der Waals surface area contributed by atoms with Gasteiger partial charge in [0, 0.05) is 12.6 Å². The van der Waals surface area contributed by atoms with Crippen LogP contribution in [0.2, 0.25) is 0 Å². The van der Waals surface area contributed by atoms with Gasteiger partial charge in [0.1, 0.15) is 10.1 Å². The van der Waals surface area contributed by atoms with E-state index in [1.165, 1.54) is 22.7 Å². The summed E-state index contributed by atoms with van der Waals surface area (Å²) in [6.45, 7) is 6.24. The van der Waals surface area contributed by atoms with E-state index in [0.29, 0.717) is 28.1 Å². The number of nitrogens with zero attached hydrogens (tertiary/aromatic N) is 1. The van der Waals surface area contributed by atoms with E-state index in [-0.39, 0.29) is 11.7 Å². The zero-order valence-electron chi connectivity index (χ0n) is 18.3. The summed E-state index contributed by atoms with van der Waals surface area (Å²) < 4.78 is 16.7. The van der Waals surface area contributed by atoms with E-state index in [4.69, 9.17) is 26.4 Å². The smallest absolute Gasteiger partial charge is 0.336 e. The largest absolute Gasteiger partial charge is 0.497 e. The topological polar surface area (TPSA) is 65.1 Å². The second-order valence-electron chi connectivity index (χ2n) is 6.75. The number of amides is 1. The average molecular weight is 482 g/mol. The molecule has 1 amide bonds. The van der Waals surface area contributed by atoms with Gasteiger partial charge in [-0.3, -0.25) is 9.69 Å². The molecule has 0 unspecified atom stereocenters. The monoisotopic (exact) mass is 481 g/mol. The van der Waals surface area contributed by atoms with Crippen LogP contribution in [0.5, 0.6) is 17.2 Å². The van der Waals surface area contributed by atoms with Gasteiger partial charge in [0.15, 0.2) is 11.5 Å². The summed E-state index contributed by atoms with van der Waals surface area (Å²) in [6.07, 6.45) is 6.37. The molecular formula is C25H23NO5S2. The highest BCUT2D eigenvalue weighted by molar-refractivity contribution is 8.26. The van der Waals surface area contributed by atoms with Gasteiger partial charge in [-0.05, 0) is 54.5 Å². The third-order valence-electron chi connectivity index (χ3n) is 4.49. The van der Waals surface area contributed by atoms with Crippen LogP contribution in [0.1, 0.15) is 18.1 Å². The Labute approximate surface area is 202 Å². The van der Waals surface area contributed by atoms with E-state index in [9.17, 15) is 9.59 Å². The van der Waals surface area contributed by atoms with Crippen molar-refractivity contribution in [3.05, 3.63) is 77.2 Å². The number of carbonyl (C=O) groups is 2. The summed E-state index contributed by atoms with van der Waals surface area (Å²) in [5.74, 6) is 0.725. The van der Waals surface area contributed by atoms with Crippen molar-refractivity contribution < 1.29 is 23.8 Å². The van der Waals surface area contributed by atoms with E-state index < -0.39 is 5.97 Å². The molecule has 3 rings (SSSR count). The van der Waals surface area contributed by atoms with E-state index >= 15 is 0 Å². The Balaban J connectivity index is 1.75. The molecule has 0 N–H and O–H groups in total. The van der Waals surface area contributed by atoms with Gasteiger partial charge in [-0.2, -0.15) is 0 Å². The molecular weight excluding hydrogens is 458 g/mol. The molecule has 0 bridgehead atoms. The molecule has 2 aromatic rings. The molecule has 0 spiro atoms. The number of rotatable bonds is 9. The van der Waals surface area contributed by atoms with Crippen molar-refractivity contribution in [3.8, 4) is 17.2 Å². The predicted molar refractivity (Wildman–Crippen MR) is 135 cm³/mol. The number of methoxy groups -OCH3 is 1. The molecule has 2 aromatic carbocycles. The second-order valence-corrected chi connectivity index (χ2v) is 8.42. The fraction of sp³-hybridized carbons (Fsp3) is 0.160. The number of esters is 1. The second kappa shape index (κ2) is 11.5. The lowest BCUT2D eigenvalue weighted by Gasteiger charge is -2.11. The zero-order valence-corrected chi connectivity index (χ0v) is 19.9. The molecule has 0 radical (unpaired) electrons. The molecule has 0 saturated carbocycles. The molecule has 0 aliphatic carbocycles. The number of thiocarbonyl (C=S) groups is 1. The molecule has 33 heavy (non-hydrogen) atoms. The first kappa shape index (κ1) is 24.3. The number of hydrogen-bond donors (Lipinski definition) is 0. The molecule has 1 heterocycles. The average Bonchev–Trinajstić information content (AvgIpc) is 3.07. The highest BCUT2D eigenvalue weighted by Crippen LogP contribution is 2.35. The van der Waals surface area contributed by atoms with Gasteiger partial charge in [-0.25, -0.2) is 4.79 Å². The van der Waals surface area contributed by atoms with Crippen molar-refractivity contribution in [2.75, 3.05) is 20.3 Å². The van der Waals surface area contributed by atoms with Gasteiger partial charge in [0.05, 0.1) is 18.6 Å². The molecule has 1 fully saturated rings. The lowest BCUT2D eigenvalue weighted by atomic mass is 10.2. The number of thioether (sulfide) groups is 1. The van der Waals surface area contributed by atoms with Crippen LogP contribution in [0, 0.1) is 0 Å². The highest BCUT2D eigenvalue weighted by Gasteiger charge is 2.31. The van der Waals surface area contributed by atoms with Gasteiger partial charge in [0.2, 0.25) is 0 Å². The molecule has 6 nitrogen and oxygen atoms in total. The Morgan fingerprint density at radius 1 is 1.15 bits per heavy atom. The summed E-state index contributed by atoms with van der Waals surface area (Å²) in [7, 11) is 1.59. The highest BCUT2D eigenvalue weighted by atomic mass is 32.2. The van der Waals surface area contributed by atoms with Crippen molar-refractivity contribution in [2.45, 2.75) is 6.92 Å². The fourth-order valence-corrected chi connectivity index (χ4v) is 4.20. The Kier molecular flexibility index (Phi) is 8.46. The van der Waals surface area contributed by atoms with Crippen LogP contribution in [-0.4, -0.2) is 41.4 Å². The normalized spacial score (nSPS) is 14.7. The molecule has 1 aliphatic rings. The van der Waals surface area contributed by atoms with E-state index in [2.05, 4.69) is 6.58 Å². The van der Waals surface area contributed by atoms with E-state index in [1.54, 1.807) is 43.5 Å². The summed E-state index contributed by atoms with van der Waals surface area (Å²) >= 11 is 6.50. The SMILES string of the molecule is C=CCN1C(=O)/C(=C/c2ccc(OC(=O)/C=C/c3ccc(OC)cc3)c(OCC)c2)SC1=S. The van der Waals surface area contributed by atoms with Crippen LogP contribution in [0.4, 0.5) is 0 Å². The minimum absolute atomic E-state index is 0.165. The Bertz CT molecular complexity index is 1120. The fourth-order valence-electron chi connectivity index (χ4n) is 2.93. The van der Waals surface area contributed by atoms with Gasteiger partial charge in [-0.15, -0.1) is 6.58 Å². The van der Waals surface area contributed by atoms with Crippen LogP contribution in [0.15, 0.2) is 66.1 Å². The number of ether oxygens (including phenoxy) is 3.